The predicted molar refractivity (Wildman–Crippen MR) is 82.0 cm³/mol. The second kappa shape index (κ2) is 9.10. The number of nitrogens with zero attached hydrogens (tertiary/aromatic N) is 1. The number of carbonyl (C=O) groups is 2. The van der Waals surface area contributed by atoms with Gasteiger partial charge in [0.1, 0.15) is 6.04 Å². The maximum Gasteiger partial charge on any atom is 0.328 e. The number of urea groups is 1. The lowest BCUT2D eigenvalue weighted by atomic mass is 10.0. The Morgan fingerprint density at radius 3 is 2.80 bits per heavy atom. The van der Waals surface area contributed by atoms with Crippen molar-refractivity contribution in [3.8, 4) is 0 Å². The van der Waals surface area contributed by atoms with Crippen molar-refractivity contribution < 1.29 is 14.3 Å². The van der Waals surface area contributed by atoms with Gasteiger partial charge >= 0.3 is 12.0 Å². The van der Waals surface area contributed by atoms with Crippen LogP contribution in [-0.4, -0.2) is 54.6 Å². The van der Waals surface area contributed by atoms with Crippen LogP contribution in [-0.2, 0) is 9.53 Å². The average molecular weight is 302 g/mol. The molecule has 0 aromatic rings. The van der Waals surface area contributed by atoms with E-state index >= 15 is 0 Å². The first-order valence-corrected chi connectivity index (χ1v) is 8.67. The number of nitrogens with one attached hydrogen (secondary N) is 1. The molecule has 0 bridgehead atoms. The van der Waals surface area contributed by atoms with Crippen LogP contribution < -0.4 is 5.32 Å². The van der Waals surface area contributed by atoms with E-state index in [1.54, 1.807) is 11.8 Å². The number of esters is 1. The number of thioether (sulfide) groups is 1. The molecule has 1 heterocycles. The normalized spacial score (nSPS) is 20.4. The summed E-state index contributed by atoms with van der Waals surface area (Å²) in [7, 11) is 1.36. The summed E-state index contributed by atoms with van der Waals surface area (Å²) in [5.41, 5.74) is 0. The number of rotatable bonds is 6. The lowest BCUT2D eigenvalue weighted by molar-refractivity contribution is -0.142. The highest BCUT2D eigenvalue weighted by Crippen LogP contribution is 2.19. The molecule has 5 nitrogen and oxygen atoms in total. The van der Waals surface area contributed by atoms with E-state index in [-0.39, 0.29) is 12.0 Å². The summed E-state index contributed by atoms with van der Waals surface area (Å²) < 4.78 is 4.77. The standard InChI is InChI=1S/C14H26N2O3S/c1-4-11-7-5-6-9-16(11)14(18)15-12(8-10-20-3)13(17)19-2/h11-12H,4-10H2,1-3H3,(H,15,18)/t11-,12+/m1/s1. The van der Waals surface area contributed by atoms with Crippen molar-refractivity contribution in [2.24, 2.45) is 0 Å². The SMILES string of the molecule is CC[C@@H]1CCCCN1C(=O)N[C@@H](CCSC)C(=O)OC. The van der Waals surface area contributed by atoms with Gasteiger partial charge in [0.25, 0.3) is 0 Å². The van der Waals surface area contributed by atoms with Gasteiger partial charge in [-0.15, -0.1) is 0 Å². The number of amides is 2. The van der Waals surface area contributed by atoms with Crippen LogP contribution in [0.3, 0.4) is 0 Å². The smallest absolute Gasteiger partial charge is 0.328 e. The van der Waals surface area contributed by atoms with Crippen molar-refractivity contribution in [2.75, 3.05) is 25.7 Å². The topological polar surface area (TPSA) is 58.6 Å². The van der Waals surface area contributed by atoms with E-state index in [0.717, 1.165) is 31.6 Å². The Morgan fingerprint density at radius 1 is 1.45 bits per heavy atom. The zero-order valence-corrected chi connectivity index (χ0v) is 13.5. The summed E-state index contributed by atoms with van der Waals surface area (Å²) in [6, 6.07) is -0.380. The summed E-state index contributed by atoms with van der Waals surface area (Å²) in [6.07, 6.45) is 6.81. The quantitative estimate of drug-likeness (QED) is 0.765. The highest BCUT2D eigenvalue weighted by molar-refractivity contribution is 7.98. The average Bonchev–Trinajstić information content (AvgIpc) is 2.50. The predicted octanol–water partition coefficient (Wildman–Crippen LogP) is 2.26. The van der Waals surface area contributed by atoms with Gasteiger partial charge in [-0.2, -0.15) is 11.8 Å². The molecule has 0 unspecified atom stereocenters. The third kappa shape index (κ3) is 4.89. The second-order valence-corrected chi connectivity index (χ2v) is 6.04. The fourth-order valence-corrected chi connectivity index (χ4v) is 3.02. The lowest BCUT2D eigenvalue weighted by Crippen LogP contribution is -2.53. The minimum absolute atomic E-state index is 0.131. The van der Waals surface area contributed by atoms with E-state index in [4.69, 9.17) is 4.74 Å². The number of hydrogen-bond acceptors (Lipinski definition) is 4. The van der Waals surface area contributed by atoms with Gasteiger partial charge in [0, 0.05) is 12.6 Å². The molecule has 0 aromatic carbocycles. The van der Waals surface area contributed by atoms with Crippen molar-refractivity contribution in [2.45, 2.75) is 51.1 Å². The van der Waals surface area contributed by atoms with E-state index in [1.807, 2.05) is 11.2 Å². The molecule has 0 saturated carbocycles. The molecule has 0 aromatic heterocycles. The van der Waals surface area contributed by atoms with Crippen LogP contribution in [0, 0.1) is 0 Å². The highest BCUT2D eigenvalue weighted by atomic mass is 32.2. The summed E-state index contributed by atoms with van der Waals surface area (Å²) in [5, 5.41) is 2.84. The van der Waals surface area contributed by atoms with Gasteiger partial charge in [0.2, 0.25) is 0 Å². The van der Waals surface area contributed by atoms with Gasteiger partial charge in [-0.05, 0) is 44.1 Å². The molecular formula is C14H26N2O3S. The molecule has 6 heteroatoms. The molecular weight excluding hydrogens is 276 g/mol. The first-order chi connectivity index (χ1) is 9.63. The van der Waals surface area contributed by atoms with E-state index in [9.17, 15) is 9.59 Å². The monoisotopic (exact) mass is 302 g/mol. The maximum absolute atomic E-state index is 12.4. The molecule has 1 fully saturated rings. The van der Waals surface area contributed by atoms with Crippen molar-refractivity contribution in [3.05, 3.63) is 0 Å². The number of carbonyl (C=O) groups excluding carboxylic acids is 2. The molecule has 1 N–H and O–H groups in total. The van der Waals surface area contributed by atoms with Gasteiger partial charge < -0.3 is 15.0 Å². The zero-order chi connectivity index (χ0) is 15.0. The van der Waals surface area contributed by atoms with E-state index in [2.05, 4.69) is 12.2 Å². The molecule has 0 radical (unpaired) electrons. The Morgan fingerprint density at radius 2 is 2.20 bits per heavy atom. The number of piperidine rings is 1. The van der Waals surface area contributed by atoms with E-state index in [1.165, 1.54) is 13.5 Å². The molecule has 0 spiro atoms. The van der Waals surface area contributed by atoms with Crippen LogP contribution in [0.1, 0.15) is 39.0 Å². The Hall–Kier alpha value is -0.910. The maximum atomic E-state index is 12.4. The van der Waals surface area contributed by atoms with Crippen LogP contribution in [0.15, 0.2) is 0 Å². The van der Waals surface area contributed by atoms with Gasteiger partial charge in [-0.3, -0.25) is 0 Å². The summed E-state index contributed by atoms with van der Waals surface area (Å²) in [6.45, 7) is 2.88. The molecule has 116 valence electrons. The minimum Gasteiger partial charge on any atom is -0.467 e. The van der Waals surface area contributed by atoms with Crippen LogP contribution >= 0.6 is 11.8 Å². The van der Waals surface area contributed by atoms with Gasteiger partial charge in [0.05, 0.1) is 7.11 Å². The fourth-order valence-electron chi connectivity index (χ4n) is 2.55. The van der Waals surface area contributed by atoms with Crippen LogP contribution in [0.4, 0.5) is 4.79 Å². The van der Waals surface area contributed by atoms with Crippen molar-refractivity contribution in [1.82, 2.24) is 10.2 Å². The number of likely N-dealkylation sites (tertiary alicyclic amines) is 1. The molecule has 1 saturated heterocycles. The first kappa shape index (κ1) is 17.1. The highest BCUT2D eigenvalue weighted by Gasteiger charge is 2.29. The minimum atomic E-state index is -0.542. The lowest BCUT2D eigenvalue weighted by Gasteiger charge is -2.36. The fraction of sp³-hybridized carbons (Fsp3) is 0.857. The van der Waals surface area contributed by atoms with E-state index < -0.39 is 6.04 Å². The number of ether oxygens (including phenoxy) is 1. The Bertz CT molecular complexity index is 326. The van der Waals surface area contributed by atoms with Gasteiger partial charge in [-0.25, -0.2) is 9.59 Å². The Balaban J connectivity index is 2.61. The summed E-state index contributed by atoms with van der Waals surface area (Å²) in [4.78, 5) is 26.0. The molecule has 2 amide bonds. The van der Waals surface area contributed by atoms with Crippen molar-refractivity contribution in [1.29, 1.82) is 0 Å². The van der Waals surface area contributed by atoms with Gasteiger partial charge in [-0.1, -0.05) is 6.92 Å². The molecule has 20 heavy (non-hydrogen) atoms. The molecule has 2 atom stereocenters. The Labute approximate surface area is 125 Å². The van der Waals surface area contributed by atoms with E-state index in [0.29, 0.717) is 12.5 Å². The largest absolute Gasteiger partial charge is 0.467 e. The number of hydrogen-bond donors (Lipinski definition) is 1. The molecule has 1 aliphatic heterocycles. The molecule has 1 aliphatic rings. The van der Waals surface area contributed by atoms with Crippen LogP contribution in [0.25, 0.3) is 0 Å². The van der Waals surface area contributed by atoms with Crippen molar-refractivity contribution in [3.63, 3.8) is 0 Å². The number of methoxy groups -OCH3 is 1. The molecule has 1 rings (SSSR count). The first-order valence-electron chi connectivity index (χ1n) is 7.27. The summed E-state index contributed by atoms with van der Waals surface area (Å²) in [5.74, 6) is 0.453. The molecule has 0 aliphatic carbocycles. The zero-order valence-electron chi connectivity index (χ0n) is 12.7. The van der Waals surface area contributed by atoms with Crippen LogP contribution in [0.2, 0.25) is 0 Å². The third-order valence-electron chi connectivity index (χ3n) is 3.75. The van der Waals surface area contributed by atoms with Gasteiger partial charge in [0.15, 0.2) is 0 Å². The van der Waals surface area contributed by atoms with Crippen molar-refractivity contribution >= 4 is 23.8 Å². The Kier molecular flexibility index (Phi) is 7.80. The third-order valence-corrected chi connectivity index (χ3v) is 4.40. The van der Waals surface area contributed by atoms with Crippen LogP contribution in [0.5, 0.6) is 0 Å². The second-order valence-electron chi connectivity index (χ2n) is 5.06. The summed E-state index contributed by atoms with van der Waals surface area (Å²) >= 11 is 1.65.